The molecule has 4 nitrogen and oxygen atoms in total. The van der Waals surface area contributed by atoms with E-state index < -0.39 is 21.1 Å². The predicted molar refractivity (Wildman–Crippen MR) is 79.9 cm³/mol. The first-order chi connectivity index (χ1) is 9.84. The van der Waals surface area contributed by atoms with Crippen LogP contribution in [-0.2, 0) is 14.6 Å². The van der Waals surface area contributed by atoms with Gasteiger partial charge in [0.15, 0.2) is 15.1 Å². The highest BCUT2D eigenvalue weighted by Gasteiger charge is 2.35. The van der Waals surface area contributed by atoms with Crippen molar-refractivity contribution in [2.45, 2.75) is 24.0 Å². The van der Waals surface area contributed by atoms with Crippen molar-refractivity contribution in [3.8, 4) is 0 Å². The zero-order valence-corrected chi connectivity index (χ0v) is 12.6. The molecule has 0 aliphatic carbocycles. The molecule has 1 unspecified atom stereocenters. The van der Waals surface area contributed by atoms with Crippen LogP contribution >= 0.6 is 0 Å². The van der Waals surface area contributed by atoms with Gasteiger partial charge in [0, 0.05) is 0 Å². The highest BCUT2D eigenvalue weighted by Crippen LogP contribution is 2.30. The molecule has 21 heavy (non-hydrogen) atoms. The Balaban J connectivity index is 2.58. The van der Waals surface area contributed by atoms with E-state index in [2.05, 4.69) is 0 Å². The van der Waals surface area contributed by atoms with Crippen molar-refractivity contribution in [2.75, 3.05) is 0 Å². The first-order valence-electron chi connectivity index (χ1n) is 6.43. The van der Waals surface area contributed by atoms with E-state index >= 15 is 0 Å². The summed E-state index contributed by atoms with van der Waals surface area (Å²) in [5, 5.41) is 7.77. The van der Waals surface area contributed by atoms with Gasteiger partial charge in [-0.15, -0.1) is 0 Å². The van der Waals surface area contributed by atoms with Crippen LogP contribution in [0.15, 0.2) is 53.4 Å². The average molecular weight is 304 g/mol. The third kappa shape index (κ3) is 2.97. The van der Waals surface area contributed by atoms with E-state index in [1.165, 1.54) is 24.3 Å². The van der Waals surface area contributed by atoms with Crippen molar-refractivity contribution in [3.05, 3.63) is 65.2 Å². The van der Waals surface area contributed by atoms with Crippen LogP contribution in [0.25, 0.3) is 0 Å². The summed E-state index contributed by atoms with van der Waals surface area (Å²) in [7, 11) is -3.99. The quantitative estimate of drug-likeness (QED) is 0.942. The normalized spacial score (nSPS) is 12.9. The van der Waals surface area contributed by atoms with Gasteiger partial charge in [-0.3, -0.25) is 4.79 Å². The molecule has 110 valence electrons. The maximum absolute atomic E-state index is 12.7. The Hall–Kier alpha value is -2.14. The lowest BCUT2D eigenvalue weighted by Gasteiger charge is -2.15. The fraction of sp³-hybridized carbons (Fsp3) is 0.188. The number of carboxylic acids is 1. The molecule has 1 N–H and O–H groups in total. The molecule has 0 bridgehead atoms. The molecule has 0 aliphatic heterocycles. The molecule has 0 radical (unpaired) electrons. The summed E-state index contributed by atoms with van der Waals surface area (Å²) in [5.41, 5.74) is 2.03. The maximum Gasteiger partial charge on any atom is 0.326 e. The molecular weight excluding hydrogens is 288 g/mol. The van der Waals surface area contributed by atoms with Gasteiger partial charge in [-0.05, 0) is 42.7 Å². The molecular formula is C16H16O4S. The molecule has 0 spiro atoms. The maximum atomic E-state index is 12.7. The third-order valence-electron chi connectivity index (χ3n) is 3.44. The molecule has 0 saturated carbocycles. The summed E-state index contributed by atoms with van der Waals surface area (Å²) in [5.74, 6) is -1.38. The Kier molecular flexibility index (Phi) is 4.14. The van der Waals surface area contributed by atoms with E-state index in [0.717, 1.165) is 11.1 Å². The van der Waals surface area contributed by atoms with Crippen LogP contribution in [0.4, 0.5) is 0 Å². The Bertz CT molecular complexity index is 764. The van der Waals surface area contributed by atoms with E-state index in [1.807, 2.05) is 6.92 Å². The number of carboxylic acid groups (broad SMARTS) is 1. The van der Waals surface area contributed by atoms with Gasteiger partial charge in [0.25, 0.3) is 0 Å². The van der Waals surface area contributed by atoms with Gasteiger partial charge in [0.2, 0.25) is 0 Å². The number of sulfone groups is 1. The van der Waals surface area contributed by atoms with Crippen molar-refractivity contribution < 1.29 is 18.3 Å². The van der Waals surface area contributed by atoms with Gasteiger partial charge in [-0.2, -0.15) is 0 Å². The molecule has 0 fully saturated rings. The van der Waals surface area contributed by atoms with Crippen molar-refractivity contribution in [1.82, 2.24) is 0 Å². The van der Waals surface area contributed by atoms with Crippen molar-refractivity contribution in [2.24, 2.45) is 0 Å². The number of aliphatic carboxylic acids is 1. The molecule has 1 atom stereocenters. The smallest absolute Gasteiger partial charge is 0.326 e. The topological polar surface area (TPSA) is 71.4 Å². The number of aryl methyl sites for hydroxylation is 2. The highest BCUT2D eigenvalue weighted by molar-refractivity contribution is 7.92. The summed E-state index contributed by atoms with van der Waals surface area (Å²) in [6, 6.07) is 12.6. The zero-order valence-electron chi connectivity index (χ0n) is 11.8. The zero-order chi connectivity index (χ0) is 15.6. The minimum atomic E-state index is -3.99. The van der Waals surface area contributed by atoms with Crippen LogP contribution in [0, 0.1) is 13.8 Å². The summed E-state index contributed by atoms with van der Waals surface area (Å²) >= 11 is 0. The van der Waals surface area contributed by atoms with Gasteiger partial charge in [0.05, 0.1) is 4.90 Å². The Labute approximate surface area is 124 Å². The number of hydrogen-bond acceptors (Lipinski definition) is 3. The summed E-state index contributed by atoms with van der Waals surface area (Å²) in [6.07, 6.45) is 0. The van der Waals surface area contributed by atoms with Gasteiger partial charge >= 0.3 is 5.97 Å². The standard InChI is InChI=1S/C16H16O4S/c1-11-8-9-14(10-12(11)2)21(19,20)15(16(17)18)13-6-4-3-5-7-13/h3-10,15H,1-2H3,(H,17,18). The van der Waals surface area contributed by atoms with Crippen molar-refractivity contribution >= 4 is 15.8 Å². The minimum Gasteiger partial charge on any atom is -0.480 e. The van der Waals surface area contributed by atoms with Crippen LogP contribution in [0.2, 0.25) is 0 Å². The second kappa shape index (κ2) is 5.69. The minimum absolute atomic E-state index is 0.0295. The average Bonchev–Trinajstić information content (AvgIpc) is 2.42. The number of benzene rings is 2. The lowest BCUT2D eigenvalue weighted by atomic mass is 10.1. The van der Waals surface area contributed by atoms with Gasteiger partial charge in [-0.25, -0.2) is 8.42 Å². The summed E-state index contributed by atoms with van der Waals surface area (Å²) in [4.78, 5) is 11.5. The fourth-order valence-corrected chi connectivity index (χ4v) is 3.76. The highest BCUT2D eigenvalue weighted by atomic mass is 32.2. The molecule has 0 heterocycles. The molecule has 0 aliphatic rings. The second-order valence-corrected chi connectivity index (χ2v) is 6.95. The first kappa shape index (κ1) is 15.3. The Morgan fingerprint density at radius 1 is 1.00 bits per heavy atom. The van der Waals surface area contributed by atoms with Crippen molar-refractivity contribution in [1.29, 1.82) is 0 Å². The summed E-state index contributed by atoms with van der Waals surface area (Å²) in [6.45, 7) is 3.67. The molecule has 2 rings (SSSR count). The Morgan fingerprint density at radius 2 is 1.62 bits per heavy atom. The number of rotatable bonds is 4. The van der Waals surface area contributed by atoms with Gasteiger partial charge in [0.1, 0.15) is 0 Å². The summed E-state index contributed by atoms with van der Waals surface area (Å²) < 4.78 is 25.3. The second-order valence-electron chi connectivity index (χ2n) is 4.92. The van der Waals surface area contributed by atoms with E-state index in [0.29, 0.717) is 0 Å². The van der Waals surface area contributed by atoms with Gasteiger partial charge in [-0.1, -0.05) is 36.4 Å². The molecule has 2 aromatic rings. The monoisotopic (exact) mass is 304 g/mol. The molecule has 0 saturated heterocycles. The number of carbonyl (C=O) groups is 1. The van der Waals surface area contributed by atoms with Crippen LogP contribution in [0.5, 0.6) is 0 Å². The molecule has 0 aromatic heterocycles. The Morgan fingerprint density at radius 3 is 2.14 bits per heavy atom. The predicted octanol–water partition coefficient (Wildman–Crippen LogP) is 2.90. The lowest BCUT2D eigenvalue weighted by Crippen LogP contribution is -2.22. The van der Waals surface area contributed by atoms with Gasteiger partial charge < -0.3 is 5.11 Å². The largest absolute Gasteiger partial charge is 0.480 e. The van der Waals surface area contributed by atoms with Crippen LogP contribution in [-0.4, -0.2) is 19.5 Å². The van der Waals surface area contributed by atoms with Crippen LogP contribution in [0.1, 0.15) is 21.9 Å². The van der Waals surface area contributed by atoms with Crippen LogP contribution < -0.4 is 0 Å². The fourth-order valence-electron chi connectivity index (χ4n) is 2.11. The van der Waals surface area contributed by atoms with E-state index in [-0.39, 0.29) is 10.5 Å². The molecule has 0 amide bonds. The third-order valence-corrected chi connectivity index (χ3v) is 5.45. The number of hydrogen-bond donors (Lipinski definition) is 1. The molecule has 5 heteroatoms. The SMILES string of the molecule is Cc1ccc(S(=O)(=O)C(C(=O)O)c2ccccc2)cc1C. The first-order valence-corrected chi connectivity index (χ1v) is 7.97. The van der Waals surface area contributed by atoms with E-state index in [1.54, 1.807) is 31.2 Å². The van der Waals surface area contributed by atoms with Crippen LogP contribution in [0.3, 0.4) is 0 Å². The van der Waals surface area contributed by atoms with E-state index in [9.17, 15) is 18.3 Å². The van der Waals surface area contributed by atoms with E-state index in [4.69, 9.17) is 0 Å². The van der Waals surface area contributed by atoms with Crippen molar-refractivity contribution in [3.63, 3.8) is 0 Å². The molecule has 2 aromatic carbocycles. The lowest BCUT2D eigenvalue weighted by molar-refractivity contribution is -0.136.